The van der Waals surface area contributed by atoms with Crippen LogP contribution in [0.3, 0.4) is 0 Å². The smallest absolute Gasteiger partial charge is 0.522 e. The Kier molecular flexibility index (Phi) is 4.73. The Morgan fingerprint density at radius 2 is 2.07 bits per heavy atom. The van der Waals surface area contributed by atoms with Gasteiger partial charge in [0.25, 0.3) is 0 Å². The number of ether oxygens (including phenoxy) is 1. The van der Waals surface area contributed by atoms with Gasteiger partial charge in [-0.2, -0.15) is 0 Å². The van der Waals surface area contributed by atoms with Crippen molar-refractivity contribution >= 4 is 19.0 Å². The summed E-state index contributed by atoms with van der Waals surface area (Å²) < 4.78 is 11.3. The molecule has 1 aromatic rings. The topological polar surface area (TPSA) is 99.5 Å². The predicted octanol–water partition coefficient (Wildman–Crippen LogP) is 0.484. The Morgan fingerprint density at radius 1 is 1.30 bits per heavy atom. The molecule has 3 aliphatic rings. The lowest BCUT2D eigenvalue weighted by Gasteiger charge is -2.42. The van der Waals surface area contributed by atoms with E-state index in [0.29, 0.717) is 31.9 Å². The number of benzene rings is 1. The molecule has 0 bridgehead atoms. The van der Waals surface area contributed by atoms with E-state index in [1.165, 1.54) is 0 Å². The van der Waals surface area contributed by atoms with Gasteiger partial charge in [0.1, 0.15) is 23.2 Å². The van der Waals surface area contributed by atoms with E-state index < -0.39 is 13.1 Å². The third kappa shape index (κ3) is 3.49. The first-order valence-electron chi connectivity index (χ1n) is 9.32. The zero-order valence-electron chi connectivity index (χ0n) is 15.3. The summed E-state index contributed by atoms with van der Waals surface area (Å²) in [5.41, 5.74) is 0.754. The lowest BCUT2D eigenvalue weighted by Crippen LogP contribution is -2.58. The number of carboxylic acid groups (broad SMARTS) is 1. The number of carboxylic acids is 1. The van der Waals surface area contributed by atoms with Crippen molar-refractivity contribution in [1.29, 1.82) is 0 Å². The molecular formula is C18H23BN2O6. The average molecular weight is 374 g/mol. The number of carbonyl (C=O) groups is 2. The number of aryl methyl sites for hydroxylation is 1. The van der Waals surface area contributed by atoms with Gasteiger partial charge in [-0.25, -0.2) is 4.79 Å². The summed E-state index contributed by atoms with van der Waals surface area (Å²) in [6.45, 7) is 4.53. The van der Waals surface area contributed by atoms with E-state index in [0.717, 1.165) is 25.1 Å². The van der Waals surface area contributed by atoms with Gasteiger partial charge < -0.3 is 24.4 Å². The normalized spacial score (nSPS) is 22.8. The van der Waals surface area contributed by atoms with Gasteiger partial charge in [0.15, 0.2) is 0 Å². The number of carbonyl (C=O) groups excluding carboxylic acids is 1. The van der Waals surface area contributed by atoms with Crippen molar-refractivity contribution in [3.05, 3.63) is 23.3 Å². The van der Waals surface area contributed by atoms with Crippen LogP contribution in [0, 0.1) is 0 Å². The van der Waals surface area contributed by atoms with Crippen molar-refractivity contribution in [3.63, 3.8) is 0 Å². The van der Waals surface area contributed by atoms with Crippen LogP contribution in [0.2, 0.25) is 6.32 Å². The molecule has 0 radical (unpaired) electrons. The fourth-order valence-electron chi connectivity index (χ4n) is 4.06. The van der Waals surface area contributed by atoms with Gasteiger partial charge in [-0.3, -0.25) is 9.69 Å². The third-order valence-corrected chi connectivity index (χ3v) is 5.62. The molecule has 3 aliphatic heterocycles. The summed E-state index contributed by atoms with van der Waals surface area (Å²) in [7, 11) is -0.989. The van der Waals surface area contributed by atoms with Crippen LogP contribution in [0.5, 0.6) is 11.5 Å². The molecule has 2 fully saturated rings. The summed E-state index contributed by atoms with van der Waals surface area (Å²) in [5.74, 6) is -0.534. The van der Waals surface area contributed by atoms with E-state index in [1.54, 1.807) is 19.1 Å². The average Bonchev–Trinajstić information content (AvgIpc) is 3.06. The van der Waals surface area contributed by atoms with Crippen molar-refractivity contribution in [3.8, 4) is 11.5 Å². The summed E-state index contributed by atoms with van der Waals surface area (Å²) in [6.07, 6.45) is 1.88. The summed E-state index contributed by atoms with van der Waals surface area (Å²) in [5, 5.41) is 19.3. The van der Waals surface area contributed by atoms with E-state index >= 15 is 0 Å². The van der Waals surface area contributed by atoms with Gasteiger partial charge in [0.2, 0.25) is 5.91 Å². The number of fused-ring (bicyclic) bond motifs is 1. The first-order chi connectivity index (χ1) is 12.9. The van der Waals surface area contributed by atoms with Crippen molar-refractivity contribution in [2.45, 2.75) is 38.2 Å². The van der Waals surface area contributed by atoms with Crippen LogP contribution in [-0.2, 0) is 11.2 Å². The van der Waals surface area contributed by atoms with E-state index in [1.807, 2.05) is 4.90 Å². The molecule has 9 heteroatoms. The maximum absolute atomic E-state index is 11.8. The molecule has 1 aromatic carbocycles. The van der Waals surface area contributed by atoms with Crippen molar-refractivity contribution in [2.75, 3.05) is 26.2 Å². The van der Waals surface area contributed by atoms with Crippen molar-refractivity contribution in [1.82, 2.24) is 9.80 Å². The fourth-order valence-corrected chi connectivity index (χ4v) is 4.06. The lowest BCUT2D eigenvalue weighted by molar-refractivity contribution is -0.128. The zero-order valence-corrected chi connectivity index (χ0v) is 15.3. The molecule has 0 unspecified atom stereocenters. The van der Waals surface area contributed by atoms with Crippen LogP contribution in [0.4, 0.5) is 0 Å². The molecular weight excluding hydrogens is 351 g/mol. The molecule has 0 spiro atoms. The van der Waals surface area contributed by atoms with E-state index in [2.05, 4.69) is 4.90 Å². The number of amides is 1. The van der Waals surface area contributed by atoms with Gasteiger partial charge in [0.05, 0.1) is 0 Å². The highest BCUT2D eigenvalue weighted by Gasteiger charge is 2.39. The molecule has 0 aromatic heterocycles. The number of aromatic carboxylic acids is 1. The van der Waals surface area contributed by atoms with Crippen molar-refractivity contribution < 1.29 is 29.1 Å². The highest BCUT2D eigenvalue weighted by molar-refractivity contribution is 6.44. The van der Waals surface area contributed by atoms with Crippen LogP contribution < -0.4 is 9.39 Å². The lowest BCUT2D eigenvalue weighted by atomic mass is 9.78. The summed E-state index contributed by atoms with van der Waals surface area (Å²) >= 11 is 0. The van der Waals surface area contributed by atoms with Gasteiger partial charge in [-0.15, -0.1) is 0 Å². The Labute approximate surface area is 157 Å². The molecule has 0 saturated carbocycles. The summed E-state index contributed by atoms with van der Waals surface area (Å²) in [4.78, 5) is 27.4. The van der Waals surface area contributed by atoms with Crippen LogP contribution in [0.1, 0.15) is 29.3 Å². The number of hydrogen-bond donors (Lipinski definition) is 2. The number of hydrogen-bond acceptors (Lipinski definition) is 6. The fraction of sp³-hybridized carbons (Fsp3) is 0.556. The Bertz CT molecular complexity index is 766. The first-order valence-corrected chi connectivity index (χ1v) is 9.32. The maximum Gasteiger partial charge on any atom is 0.522 e. The minimum Gasteiger partial charge on any atom is -0.535 e. The molecule has 2 N–H and O–H groups in total. The van der Waals surface area contributed by atoms with E-state index in [-0.39, 0.29) is 29.1 Å². The van der Waals surface area contributed by atoms with Gasteiger partial charge >= 0.3 is 13.1 Å². The second-order valence-corrected chi connectivity index (χ2v) is 7.44. The molecule has 8 nitrogen and oxygen atoms in total. The monoisotopic (exact) mass is 374 g/mol. The molecule has 1 amide bonds. The molecule has 144 valence electrons. The SMILES string of the molecule is CC(=O)N1CC[C@H](N2CC(Oc3ccc4c(c3C(=O)O)OB(O)CC4)C2)C1. The molecule has 0 aliphatic carbocycles. The molecule has 3 heterocycles. The number of nitrogens with zero attached hydrogens (tertiary/aromatic N) is 2. The molecule has 4 rings (SSSR count). The highest BCUT2D eigenvalue weighted by atomic mass is 16.5. The van der Waals surface area contributed by atoms with Gasteiger partial charge in [-0.1, -0.05) is 6.07 Å². The summed E-state index contributed by atoms with van der Waals surface area (Å²) in [6, 6.07) is 3.83. The van der Waals surface area contributed by atoms with Gasteiger partial charge in [-0.05, 0) is 30.8 Å². The first kappa shape index (κ1) is 18.1. The molecule has 1 atom stereocenters. The van der Waals surface area contributed by atoms with Crippen LogP contribution in [0.25, 0.3) is 0 Å². The molecule has 2 saturated heterocycles. The second kappa shape index (κ2) is 7.05. The predicted molar refractivity (Wildman–Crippen MR) is 97.2 cm³/mol. The molecule has 27 heavy (non-hydrogen) atoms. The van der Waals surface area contributed by atoms with Crippen LogP contribution >= 0.6 is 0 Å². The third-order valence-electron chi connectivity index (χ3n) is 5.62. The van der Waals surface area contributed by atoms with Crippen molar-refractivity contribution in [2.24, 2.45) is 0 Å². The van der Waals surface area contributed by atoms with Crippen LogP contribution in [0.15, 0.2) is 12.1 Å². The highest BCUT2D eigenvalue weighted by Crippen LogP contribution is 2.37. The number of likely N-dealkylation sites (tertiary alicyclic amines) is 2. The minimum absolute atomic E-state index is 0.0201. The quantitative estimate of drug-likeness (QED) is 0.740. The van der Waals surface area contributed by atoms with E-state index in [4.69, 9.17) is 9.39 Å². The Hall–Kier alpha value is -2.26. The largest absolute Gasteiger partial charge is 0.535 e. The van der Waals surface area contributed by atoms with Crippen LogP contribution in [-0.4, -0.2) is 77.3 Å². The second-order valence-electron chi connectivity index (χ2n) is 7.44. The Morgan fingerprint density at radius 3 is 2.74 bits per heavy atom. The minimum atomic E-state index is -1.12. The maximum atomic E-state index is 11.8. The standard InChI is InChI=1S/C18H23BN2O6/c1-11(22)20-7-5-13(8-20)21-9-14(10-21)26-15-3-2-12-4-6-19(25)27-17(12)16(15)18(23)24/h2-3,13-14,25H,4-10H2,1H3,(H,23,24)/t13-/m0/s1. The van der Waals surface area contributed by atoms with E-state index in [9.17, 15) is 19.7 Å². The zero-order chi connectivity index (χ0) is 19.1. The Balaban J connectivity index is 1.42. The van der Waals surface area contributed by atoms with Gasteiger partial charge in [0, 0.05) is 39.1 Å². The number of rotatable bonds is 4.